The number of pyridine rings is 1. The van der Waals surface area contributed by atoms with Crippen LogP contribution in [0.2, 0.25) is 0 Å². The van der Waals surface area contributed by atoms with Crippen LogP contribution in [0, 0.1) is 5.92 Å². The van der Waals surface area contributed by atoms with Crippen molar-refractivity contribution in [1.82, 2.24) is 18.6 Å². The maximum atomic E-state index is 13.0. The SMILES string of the molecule is COC(=O)C[C@@H](c1ccc2c(c1)n(C)c(=O)n2C)c1oc(CN2C[C@H]3C[C@@H](C2)c2cccc(=O)n2C3)cc(=O)c1O. The van der Waals surface area contributed by atoms with Crippen molar-refractivity contribution in [2.45, 2.75) is 37.8 Å². The van der Waals surface area contributed by atoms with E-state index in [1.165, 1.54) is 22.3 Å². The van der Waals surface area contributed by atoms with Gasteiger partial charge in [-0.15, -0.1) is 0 Å². The maximum absolute atomic E-state index is 13.0. The first-order valence-electron chi connectivity index (χ1n) is 13.6. The Balaban J connectivity index is 1.36. The van der Waals surface area contributed by atoms with Crippen molar-refractivity contribution < 1.29 is 19.1 Å². The number of carbonyl (C=O) groups excluding carboxylic acids is 1. The first kappa shape index (κ1) is 26.8. The number of benzene rings is 1. The number of carbonyl (C=O) groups is 1. The number of hydrogen-bond acceptors (Lipinski definition) is 8. The molecule has 1 saturated heterocycles. The molecule has 0 spiro atoms. The summed E-state index contributed by atoms with van der Waals surface area (Å²) in [6.07, 6.45) is 0.818. The largest absolute Gasteiger partial charge is 0.502 e. The molecule has 0 radical (unpaired) electrons. The summed E-state index contributed by atoms with van der Waals surface area (Å²) in [6.45, 7) is 2.42. The van der Waals surface area contributed by atoms with E-state index >= 15 is 0 Å². The van der Waals surface area contributed by atoms with E-state index in [9.17, 15) is 24.3 Å². The van der Waals surface area contributed by atoms with E-state index < -0.39 is 23.1 Å². The number of nitrogens with zero attached hydrogens (tertiary/aromatic N) is 4. The molecule has 214 valence electrons. The van der Waals surface area contributed by atoms with Gasteiger partial charge in [0.15, 0.2) is 5.76 Å². The average molecular weight is 561 g/mol. The predicted molar refractivity (Wildman–Crippen MR) is 150 cm³/mol. The Bertz CT molecular complexity index is 1850. The third-order valence-corrected chi connectivity index (χ3v) is 8.55. The second-order valence-electron chi connectivity index (χ2n) is 11.2. The summed E-state index contributed by atoms with van der Waals surface area (Å²) in [7, 11) is 4.61. The number of aromatic hydroxyl groups is 1. The summed E-state index contributed by atoms with van der Waals surface area (Å²) in [6, 6.07) is 12.0. The van der Waals surface area contributed by atoms with Crippen LogP contribution in [0.4, 0.5) is 0 Å². The minimum absolute atomic E-state index is 0.0187. The molecule has 5 heterocycles. The molecule has 6 rings (SSSR count). The van der Waals surface area contributed by atoms with Crippen molar-refractivity contribution in [3.63, 3.8) is 0 Å². The molecule has 2 aliphatic rings. The average Bonchev–Trinajstić information content (AvgIpc) is 3.17. The number of aromatic nitrogens is 3. The third-order valence-electron chi connectivity index (χ3n) is 8.55. The number of likely N-dealkylation sites (tertiary alicyclic amines) is 1. The Morgan fingerprint density at radius 1 is 1.05 bits per heavy atom. The smallest absolute Gasteiger partial charge is 0.328 e. The summed E-state index contributed by atoms with van der Waals surface area (Å²) in [4.78, 5) is 52.5. The minimum atomic E-state index is -0.825. The number of methoxy groups -OCH3 is 1. The lowest BCUT2D eigenvalue weighted by molar-refractivity contribution is -0.140. The first-order chi connectivity index (χ1) is 19.6. The molecule has 3 atom stereocenters. The number of rotatable bonds is 6. The van der Waals surface area contributed by atoms with Crippen molar-refractivity contribution in [2.24, 2.45) is 20.0 Å². The van der Waals surface area contributed by atoms with Crippen LogP contribution in [0.3, 0.4) is 0 Å². The summed E-state index contributed by atoms with van der Waals surface area (Å²) in [5, 5.41) is 10.9. The fourth-order valence-electron chi connectivity index (χ4n) is 6.57. The van der Waals surface area contributed by atoms with E-state index in [4.69, 9.17) is 9.15 Å². The van der Waals surface area contributed by atoms with E-state index in [1.54, 1.807) is 44.4 Å². The van der Waals surface area contributed by atoms with Crippen LogP contribution in [-0.2, 0) is 36.7 Å². The number of hydrogen-bond donors (Lipinski definition) is 1. The Kier molecular flexibility index (Phi) is 6.69. The van der Waals surface area contributed by atoms with Gasteiger partial charge < -0.3 is 18.8 Å². The maximum Gasteiger partial charge on any atom is 0.328 e. The van der Waals surface area contributed by atoms with Gasteiger partial charge in [0.1, 0.15) is 5.76 Å². The number of imidazole rings is 1. The molecule has 0 unspecified atom stereocenters. The van der Waals surface area contributed by atoms with E-state index in [0.717, 1.165) is 18.7 Å². The zero-order valence-corrected chi connectivity index (χ0v) is 23.2. The molecule has 1 fully saturated rings. The summed E-state index contributed by atoms with van der Waals surface area (Å²) < 4.78 is 16.0. The molecule has 1 N–H and O–H groups in total. The van der Waals surface area contributed by atoms with Crippen molar-refractivity contribution in [1.29, 1.82) is 0 Å². The second kappa shape index (κ2) is 10.2. The highest BCUT2D eigenvalue weighted by molar-refractivity contribution is 5.78. The van der Waals surface area contributed by atoms with Gasteiger partial charge in [-0.3, -0.25) is 28.4 Å². The molecule has 2 bridgehead atoms. The quantitative estimate of drug-likeness (QED) is 0.355. The van der Waals surface area contributed by atoms with Crippen LogP contribution < -0.4 is 16.7 Å². The Labute approximate surface area is 234 Å². The first-order valence-corrected chi connectivity index (χ1v) is 13.6. The molecule has 1 aromatic carbocycles. The highest BCUT2D eigenvalue weighted by atomic mass is 16.5. The molecule has 4 aromatic rings. The lowest BCUT2D eigenvalue weighted by atomic mass is 9.83. The highest BCUT2D eigenvalue weighted by Gasteiger charge is 2.35. The highest BCUT2D eigenvalue weighted by Crippen LogP contribution is 2.37. The fourth-order valence-corrected chi connectivity index (χ4v) is 6.57. The van der Waals surface area contributed by atoms with Gasteiger partial charge in [-0.25, -0.2) is 4.79 Å². The van der Waals surface area contributed by atoms with Crippen LogP contribution in [0.25, 0.3) is 11.0 Å². The number of piperidine rings is 1. The molecule has 11 nitrogen and oxygen atoms in total. The number of ether oxygens (including phenoxy) is 1. The molecular weight excluding hydrogens is 528 g/mol. The molecule has 0 aliphatic carbocycles. The Hall–Kier alpha value is -4.38. The molecule has 2 aliphatic heterocycles. The second-order valence-corrected chi connectivity index (χ2v) is 11.2. The number of esters is 1. The Morgan fingerprint density at radius 2 is 1.83 bits per heavy atom. The lowest BCUT2D eigenvalue weighted by Crippen LogP contribution is -2.46. The molecule has 11 heteroatoms. The van der Waals surface area contributed by atoms with Gasteiger partial charge in [0.05, 0.1) is 37.0 Å². The van der Waals surface area contributed by atoms with Gasteiger partial charge in [0.25, 0.3) is 5.56 Å². The minimum Gasteiger partial charge on any atom is -0.502 e. The normalized spacial score (nSPS) is 19.2. The van der Waals surface area contributed by atoms with Gasteiger partial charge >= 0.3 is 11.7 Å². The number of aryl methyl sites for hydroxylation is 2. The lowest BCUT2D eigenvalue weighted by Gasteiger charge is -2.42. The van der Waals surface area contributed by atoms with Gasteiger partial charge in [-0.1, -0.05) is 12.1 Å². The zero-order valence-electron chi connectivity index (χ0n) is 23.2. The fraction of sp³-hybridized carbons (Fsp3) is 0.400. The van der Waals surface area contributed by atoms with E-state index in [-0.39, 0.29) is 29.3 Å². The van der Waals surface area contributed by atoms with Crippen LogP contribution in [0.1, 0.15) is 47.5 Å². The van der Waals surface area contributed by atoms with Crippen LogP contribution in [0.15, 0.2) is 61.3 Å². The van der Waals surface area contributed by atoms with Crippen molar-refractivity contribution in [3.05, 3.63) is 96.3 Å². The Morgan fingerprint density at radius 3 is 2.61 bits per heavy atom. The van der Waals surface area contributed by atoms with Crippen LogP contribution in [-0.4, -0.2) is 49.9 Å². The molecule has 0 amide bonds. The van der Waals surface area contributed by atoms with Crippen LogP contribution >= 0.6 is 0 Å². The molecular formula is C30H32N4O7. The zero-order chi connectivity index (χ0) is 29.0. The van der Waals surface area contributed by atoms with E-state index in [2.05, 4.69) is 4.90 Å². The van der Waals surface area contributed by atoms with Crippen molar-refractivity contribution >= 4 is 17.0 Å². The van der Waals surface area contributed by atoms with Gasteiger partial charge in [-0.2, -0.15) is 0 Å². The van der Waals surface area contributed by atoms with E-state index in [1.807, 2.05) is 10.6 Å². The monoisotopic (exact) mass is 560 g/mol. The van der Waals surface area contributed by atoms with Gasteiger partial charge in [-0.05, 0) is 36.1 Å². The summed E-state index contributed by atoms with van der Waals surface area (Å²) >= 11 is 0. The van der Waals surface area contributed by atoms with E-state index in [0.29, 0.717) is 47.9 Å². The van der Waals surface area contributed by atoms with Crippen molar-refractivity contribution in [2.75, 3.05) is 20.2 Å². The number of fused-ring (bicyclic) bond motifs is 5. The van der Waals surface area contributed by atoms with Crippen LogP contribution in [0.5, 0.6) is 5.75 Å². The molecule has 0 saturated carbocycles. The van der Waals surface area contributed by atoms with Gasteiger partial charge in [0, 0.05) is 57.5 Å². The molecule has 3 aromatic heterocycles. The standard InChI is InChI=1S/C30H32N4O7/c1-31-23-8-7-18(10-24(23)32(2)30(31)39)21(12-27(37)40-3)29-28(38)25(35)11-20(41-29)16-33-13-17-9-19(15-33)22-5-4-6-26(36)34(22)14-17/h4-8,10-11,17,19,21,38H,9,12-16H2,1-3H3/t17-,19+,21+/m1/s1. The predicted octanol–water partition coefficient (Wildman–Crippen LogP) is 2.01. The van der Waals surface area contributed by atoms with Crippen molar-refractivity contribution in [3.8, 4) is 5.75 Å². The van der Waals surface area contributed by atoms with Gasteiger partial charge in [0.2, 0.25) is 11.2 Å². The topological polar surface area (TPSA) is 129 Å². The molecule has 41 heavy (non-hydrogen) atoms. The third kappa shape index (κ3) is 4.69. The summed E-state index contributed by atoms with van der Waals surface area (Å²) in [5.41, 5.74) is 2.18. The summed E-state index contributed by atoms with van der Waals surface area (Å²) in [5.74, 6) is -1.09.